The number of hydrogen-bond acceptors (Lipinski definition) is 1. The van der Waals surface area contributed by atoms with Crippen LogP contribution in [0, 0.1) is 6.92 Å². The number of hydrogen-bond donors (Lipinski definition) is 1. The SMILES string of the molecule is Cc1cc(Br)ccc1-n1[nH]c(C(C)(C)C)cc1=O. The smallest absolute Gasteiger partial charge is 0.271 e. The lowest BCUT2D eigenvalue weighted by molar-refractivity contribution is 0.560. The summed E-state index contributed by atoms with van der Waals surface area (Å²) in [6.07, 6.45) is 0. The van der Waals surface area contributed by atoms with Crippen molar-refractivity contribution in [1.29, 1.82) is 0 Å². The quantitative estimate of drug-likeness (QED) is 0.860. The highest BCUT2D eigenvalue weighted by Gasteiger charge is 2.18. The lowest BCUT2D eigenvalue weighted by atomic mass is 9.93. The standard InChI is InChI=1S/C14H17BrN2O/c1-9-7-10(15)5-6-11(9)17-13(18)8-12(16-17)14(2,3)4/h5-8,16H,1-4H3. The van der Waals surface area contributed by atoms with Gasteiger partial charge >= 0.3 is 0 Å². The average Bonchev–Trinajstić information content (AvgIpc) is 2.60. The molecule has 0 unspecified atom stereocenters. The van der Waals surface area contributed by atoms with Gasteiger partial charge in [-0.05, 0) is 30.7 Å². The molecule has 0 spiro atoms. The maximum absolute atomic E-state index is 12.0. The first-order valence-electron chi connectivity index (χ1n) is 5.88. The Bertz CT molecular complexity index is 632. The minimum absolute atomic E-state index is 0.0228. The van der Waals surface area contributed by atoms with Gasteiger partial charge in [-0.3, -0.25) is 9.89 Å². The van der Waals surface area contributed by atoms with Crippen LogP contribution in [0.15, 0.2) is 33.5 Å². The third kappa shape index (κ3) is 2.43. The molecule has 0 saturated heterocycles. The summed E-state index contributed by atoms with van der Waals surface area (Å²) in [6.45, 7) is 8.23. The van der Waals surface area contributed by atoms with Crippen LogP contribution < -0.4 is 5.56 Å². The molecule has 1 aromatic carbocycles. The molecule has 0 atom stereocenters. The Hall–Kier alpha value is -1.29. The van der Waals surface area contributed by atoms with E-state index in [9.17, 15) is 4.79 Å². The number of benzene rings is 1. The van der Waals surface area contributed by atoms with Gasteiger partial charge in [0.05, 0.1) is 5.69 Å². The van der Waals surface area contributed by atoms with E-state index < -0.39 is 0 Å². The van der Waals surface area contributed by atoms with Crippen molar-refractivity contribution in [3.8, 4) is 5.69 Å². The van der Waals surface area contributed by atoms with Gasteiger partial charge in [-0.15, -0.1) is 0 Å². The number of aryl methyl sites for hydroxylation is 1. The van der Waals surface area contributed by atoms with Gasteiger partial charge in [0.25, 0.3) is 5.56 Å². The normalized spacial score (nSPS) is 11.8. The van der Waals surface area contributed by atoms with E-state index in [0.29, 0.717) is 0 Å². The Morgan fingerprint density at radius 1 is 1.22 bits per heavy atom. The van der Waals surface area contributed by atoms with Gasteiger partial charge in [-0.2, -0.15) is 0 Å². The predicted octanol–water partition coefficient (Wildman–Crippen LogP) is 3.53. The second kappa shape index (κ2) is 4.43. The van der Waals surface area contributed by atoms with Gasteiger partial charge in [0.1, 0.15) is 0 Å². The minimum Gasteiger partial charge on any atom is -0.294 e. The Morgan fingerprint density at radius 3 is 2.39 bits per heavy atom. The Morgan fingerprint density at radius 2 is 1.89 bits per heavy atom. The van der Waals surface area contributed by atoms with E-state index in [1.807, 2.05) is 25.1 Å². The van der Waals surface area contributed by atoms with E-state index in [2.05, 4.69) is 41.8 Å². The van der Waals surface area contributed by atoms with Gasteiger partial charge < -0.3 is 0 Å². The fourth-order valence-electron chi connectivity index (χ4n) is 1.83. The van der Waals surface area contributed by atoms with Crippen molar-refractivity contribution in [3.63, 3.8) is 0 Å². The zero-order valence-corrected chi connectivity index (χ0v) is 12.6. The van der Waals surface area contributed by atoms with E-state index in [4.69, 9.17) is 0 Å². The summed E-state index contributed by atoms with van der Waals surface area (Å²) in [7, 11) is 0. The number of nitrogens with one attached hydrogen (secondary N) is 1. The van der Waals surface area contributed by atoms with Crippen LogP contribution in [0.5, 0.6) is 0 Å². The second-order valence-electron chi connectivity index (χ2n) is 5.52. The van der Waals surface area contributed by atoms with Crippen LogP contribution in [0.3, 0.4) is 0 Å². The molecule has 4 heteroatoms. The van der Waals surface area contributed by atoms with E-state index in [1.165, 1.54) is 0 Å². The van der Waals surface area contributed by atoms with Gasteiger partial charge in [-0.1, -0.05) is 36.7 Å². The molecule has 18 heavy (non-hydrogen) atoms. The molecule has 2 aromatic rings. The van der Waals surface area contributed by atoms with Crippen molar-refractivity contribution in [3.05, 3.63) is 50.3 Å². The van der Waals surface area contributed by atoms with Crippen molar-refractivity contribution in [2.45, 2.75) is 33.1 Å². The van der Waals surface area contributed by atoms with E-state index >= 15 is 0 Å². The molecular formula is C14H17BrN2O. The molecule has 1 N–H and O–H groups in total. The molecule has 0 aliphatic rings. The zero-order valence-electron chi connectivity index (χ0n) is 11.0. The maximum Gasteiger partial charge on any atom is 0.271 e. The monoisotopic (exact) mass is 308 g/mol. The van der Waals surface area contributed by atoms with E-state index in [1.54, 1.807) is 10.7 Å². The molecule has 0 radical (unpaired) electrons. The highest BCUT2D eigenvalue weighted by atomic mass is 79.9. The molecule has 0 aliphatic heterocycles. The van der Waals surface area contributed by atoms with Crippen LogP contribution >= 0.6 is 15.9 Å². The zero-order chi connectivity index (χ0) is 13.5. The molecular weight excluding hydrogens is 292 g/mol. The fourth-order valence-corrected chi connectivity index (χ4v) is 2.30. The van der Waals surface area contributed by atoms with Crippen LogP contribution in [0.2, 0.25) is 0 Å². The average molecular weight is 309 g/mol. The van der Waals surface area contributed by atoms with Crippen LogP contribution in [0.4, 0.5) is 0 Å². The number of aromatic amines is 1. The maximum atomic E-state index is 12.0. The van der Waals surface area contributed by atoms with Gasteiger partial charge in [-0.25, -0.2) is 4.68 Å². The lowest BCUT2D eigenvalue weighted by Gasteiger charge is -2.16. The summed E-state index contributed by atoms with van der Waals surface area (Å²) in [5.74, 6) is 0. The van der Waals surface area contributed by atoms with Crippen molar-refractivity contribution < 1.29 is 0 Å². The van der Waals surface area contributed by atoms with Crippen molar-refractivity contribution in [2.75, 3.05) is 0 Å². The molecule has 0 amide bonds. The predicted molar refractivity (Wildman–Crippen MR) is 77.5 cm³/mol. The molecule has 1 aromatic heterocycles. The highest BCUT2D eigenvalue weighted by molar-refractivity contribution is 9.10. The summed E-state index contributed by atoms with van der Waals surface area (Å²) < 4.78 is 2.61. The number of aromatic nitrogens is 2. The molecule has 1 heterocycles. The third-order valence-electron chi connectivity index (χ3n) is 2.93. The van der Waals surface area contributed by atoms with Crippen molar-refractivity contribution in [2.24, 2.45) is 0 Å². The molecule has 96 valence electrons. The highest BCUT2D eigenvalue weighted by Crippen LogP contribution is 2.21. The van der Waals surface area contributed by atoms with Crippen LogP contribution in [0.1, 0.15) is 32.0 Å². The Labute approximate surface area is 115 Å². The van der Waals surface area contributed by atoms with Crippen LogP contribution in [0.25, 0.3) is 5.69 Å². The summed E-state index contributed by atoms with van der Waals surface area (Å²) >= 11 is 3.43. The first kappa shape index (κ1) is 13.1. The first-order valence-corrected chi connectivity index (χ1v) is 6.67. The third-order valence-corrected chi connectivity index (χ3v) is 3.42. The molecule has 0 saturated carbocycles. The van der Waals surface area contributed by atoms with Crippen LogP contribution in [-0.4, -0.2) is 9.78 Å². The molecule has 0 bridgehead atoms. The van der Waals surface area contributed by atoms with Crippen LogP contribution in [-0.2, 0) is 5.41 Å². The Kier molecular flexibility index (Phi) is 3.23. The van der Waals surface area contributed by atoms with E-state index in [-0.39, 0.29) is 11.0 Å². The number of nitrogens with zero attached hydrogens (tertiary/aromatic N) is 1. The van der Waals surface area contributed by atoms with Gasteiger partial charge in [0.15, 0.2) is 0 Å². The number of H-pyrrole nitrogens is 1. The first-order chi connectivity index (χ1) is 8.29. The molecule has 3 nitrogen and oxygen atoms in total. The van der Waals surface area contributed by atoms with Crippen molar-refractivity contribution >= 4 is 15.9 Å². The van der Waals surface area contributed by atoms with E-state index in [0.717, 1.165) is 21.4 Å². The summed E-state index contributed by atoms with van der Waals surface area (Å²) in [5.41, 5.74) is 2.79. The number of rotatable bonds is 1. The topological polar surface area (TPSA) is 37.8 Å². The molecule has 0 aliphatic carbocycles. The molecule has 0 fully saturated rings. The Balaban J connectivity index is 2.58. The largest absolute Gasteiger partial charge is 0.294 e. The van der Waals surface area contributed by atoms with Gasteiger partial charge in [0, 0.05) is 21.6 Å². The number of halogens is 1. The summed E-state index contributed by atoms with van der Waals surface area (Å²) in [4.78, 5) is 12.0. The fraction of sp³-hybridized carbons (Fsp3) is 0.357. The lowest BCUT2D eigenvalue weighted by Crippen LogP contribution is -2.15. The summed E-state index contributed by atoms with van der Waals surface area (Å²) in [6, 6.07) is 7.54. The second-order valence-corrected chi connectivity index (χ2v) is 6.44. The van der Waals surface area contributed by atoms with Gasteiger partial charge in [0.2, 0.25) is 0 Å². The summed E-state index contributed by atoms with van der Waals surface area (Å²) in [5, 5.41) is 3.19. The molecule has 2 rings (SSSR count). The van der Waals surface area contributed by atoms with Crippen molar-refractivity contribution in [1.82, 2.24) is 9.78 Å². The minimum atomic E-state index is -0.0618.